The Kier molecular flexibility index (Phi) is 2.58. The summed E-state index contributed by atoms with van der Waals surface area (Å²) in [6.07, 6.45) is 2.45. The molecule has 0 bridgehead atoms. The highest BCUT2D eigenvalue weighted by atomic mass is 16.5. The van der Waals surface area contributed by atoms with Crippen molar-refractivity contribution in [1.82, 2.24) is 4.90 Å². The molecule has 3 nitrogen and oxygen atoms in total. The Labute approximate surface area is 79.7 Å². The normalized spacial score (nSPS) is 30.0. The van der Waals surface area contributed by atoms with Crippen molar-refractivity contribution in [2.24, 2.45) is 11.3 Å². The van der Waals surface area contributed by atoms with Crippen molar-refractivity contribution in [2.45, 2.75) is 12.8 Å². The van der Waals surface area contributed by atoms with E-state index < -0.39 is 0 Å². The number of aliphatic hydroxyl groups is 1. The summed E-state index contributed by atoms with van der Waals surface area (Å²) in [5.41, 5.74) is 0.126. The number of likely N-dealkylation sites (tertiary alicyclic amines) is 1. The van der Waals surface area contributed by atoms with Crippen LogP contribution in [0, 0.1) is 11.3 Å². The summed E-state index contributed by atoms with van der Waals surface area (Å²) in [5, 5.41) is 9.36. The van der Waals surface area contributed by atoms with Gasteiger partial charge in [-0.05, 0) is 38.9 Å². The minimum absolute atomic E-state index is 0.126. The summed E-state index contributed by atoms with van der Waals surface area (Å²) in [6.45, 7) is 4.20. The van der Waals surface area contributed by atoms with Gasteiger partial charge in [-0.2, -0.15) is 0 Å². The molecule has 0 amide bonds. The summed E-state index contributed by atoms with van der Waals surface area (Å²) in [7, 11) is 2.17. The fourth-order valence-electron chi connectivity index (χ4n) is 2.44. The molecular formula is C10H19NO2. The van der Waals surface area contributed by atoms with Crippen LogP contribution in [-0.2, 0) is 4.74 Å². The molecule has 0 aliphatic carbocycles. The van der Waals surface area contributed by atoms with E-state index in [-0.39, 0.29) is 5.41 Å². The molecule has 0 atom stereocenters. The molecule has 0 aromatic heterocycles. The average Bonchev–Trinajstić information content (AvgIpc) is 2.07. The number of nitrogens with zero attached hydrogens (tertiary/aromatic N) is 1. The third-order valence-electron chi connectivity index (χ3n) is 3.68. The van der Waals surface area contributed by atoms with Gasteiger partial charge in [-0.15, -0.1) is 0 Å². The zero-order chi connectivity index (χ0) is 9.31. The van der Waals surface area contributed by atoms with Crippen molar-refractivity contribution in [3.8, 4) is 0 Å². The van der Waals surface area contributed by atoms with Crippen molar-refractivity contribution in [2.75, 3.05) is 40.0 Å². The summed E-state index contributed by atoms with van der Waals surface area (Å²) in [4.78, 5) is 2.36. The lowest BCUT2D eigenvalue weighted by Crippen LogP contribution is -2.53. The molecule has 76 valence electrons. The van der Waals surface area contributed by atoms with E-state index in [0.717, 1.165) is 13.2 Å². The van der Waals surface area contributed by atoms with Gasteiger partial charge < -0.3 is 14.7 Å². The molecule has 3 heteroatoms. The van der Waals surface area contributed by atoms with E-state index in [1.807, 2.05) is 0 Å². The van der Waals surface area contributed by atoms with Gasteiger partial charge in [0, 0.05) is 5.41 Å². The number of hydrogen-bond acceptors (Lipinski definition) is 3. The van der Waals surface area contributed by atoms with Gasteiger partial charge in [0.25, 0.3) is 0 Å². The van der Waals surface area contributed by atoms with Crippen LogP contribution in [0.3, 0.4) is 0 Å². The minimum atomic E-state index is 0.126. The largest absolute Gasteiger partial charge is 0.396 e. The zero-order valence-corrected chi connectivity index (χ0v) is 8.33. The molecule has 0 saturated carbocycles. The SMILES string of the molecule is CN1CCC(C2(CO)COC2)CC1. The lowest BCUT2D eigenvalue weighted by molar-refractivity contribution is -0.175. The molecular weight excluding hydrogens is 166 g/mol. The topological polar surface area (TPSA) is 32.7 Å². The maximum Gasteiger partial charge on any atom is 0.0569 e. The first kappa shape index (κ1) is 9.44. The lowest BCUT2D eigenvalue weighted by atomic mass is 9.70. The van der Waals surface area contributed by atoms with Gasteiger partial charge >= 0.3 is 0 Å². The first-order valence-electron chi connectivity index (χ1n) is 5.14. The predicted octanol–water partition coefficient (Wildman–Crippen LogP) is 0.337. The second kappa shape index (κ2) is 3.56. The van der Waals surface area contributed by atoms with Gasteiger partial charge in [-0.3, -0.25) is 0 Å². The minimum Gasteiger partial charge on any atom is -0.396 e. The average molecular weight is 185 g/mol. The third-order valence-corrected chi connectivity index (χ3v) is 3.68. The molecule has 2 saturated heterocycles. The first-order valence-corrected chi connectivity index (χ1v) is 5.14. The van der Waals surface area contributed by atoms with E-state index in [4.69, 9.17) is 4.74 Å². The third kappa shape index (κ3) is 1.60. The Morgan fingerprint density at radius 3 is 2.38 bits per heavy atom. The molecule has 0 aromatic rings. The molecule has 2 rings (SSSR count). The Balaban J connectivity index is 1.92. The van der Waals surface area contributed by atoms with Crippen LogP contribution >= 0.6 is 0 Å². The number of ether oxygens (including phenoxy) is 1. The second-order valence-corrected chi connectivity index (χ2v) is 4.59. The fourth-order valence-corrected chi connectivity index (χ4v) is 2.44. The van der Waals surface area contributed by atoms with Crippen LogP contribution in [0.25, 0.3) is 0 Å². The van der Waals surface area contributed by atoms with Crippen LogP contribution in [0.2, 0.25) is 0 Å². The zero-order valence-electron chi connectivity index (χ0n) is 8.33. The van der Waals surface area contributed by atoms with Gasteiger partial charge in [0.15, 0.2) is 0 Å². The summed E-state index contributed by atoms with van der Waals surface area (Å²) in [6, 6.07) is 0. The molecule has 0 unspecified atom stereocenters. The molecule has 2 fully saturated rings. The summed E-state index contributed by atoms with van der Waals surface area (Å²) >= 11 is 0. The van der Waals surface area contributed by atoms with Crippen LogP contribution in [0.4, 0.5) is 0 Å². The fraction of sp³-hybridized carbons (Fsp3) is 1.00. The van der Waals surface area contributed by atoms with Gasteiger partial charge in [0.2, 0.25) is 0 Å². The van der Waals surface area contributed by atoms with Crippen molar-refractivity contribution >= 4 is 0 Å². The molecule has 0 aromatic carbocycles. The van der Waals surface area contributed by atoms with Gasteiger partial charge in [-0.1, -0.05) is 0 Å². The van der Waals surface area contributed by atoms with Crippen molar-refractivity contribution in [3.63, 3.8) is 0 Å². The van der Waals surface area contributed by atoms with E-state index in [9.17, 15) is 5.11 Å². The molecule has 2 heterocycles. The van der Waals surface area contributed by atoms with E-state index >= 15 is 0 Å². The van der Waals surface area contributed by atoms with Crippen molar-refractivity contribution in [3.05, 3.63) is 0 Å². The number of aliphatic hydroxyl groups excluding tert-OH is 1. The quantitative estimate of drug-likeness (QED) is 0.673. The molecule has 2 aliphatic heterocycles. The monoisotopic (exact) mass is 185 g/mol. The van der Waals surface area contributed by atoms with Crippen molar-refractivity contribution < 1.29 is 9.84 Å². The number of piperidine rings is 1. The smallest absolute Gasteiger partial charge is 0.0569 e. The summed E-state index contributed by atoms with van der Waals surface area (Å²) in [5.74, 6) is 0.683. The Hall–Kier alpha value is -0.120. The number of rotatable bonds is 2. The maximum absolute atomic E-state index is 9.36. The first-order chi connectivity index (χ1) is 6.27. The maximum atomic E-state index is 9.36. The molecule has 0 spiro atoms. The molecule has 0 radical (unpaired) electrons. The van der Waals surface area contributed by atoms with Crippen LogP contribution in [-0.4, -0.2) is 50.0 Å². The van der Waals surface area contributed by atoms with E-state index in [0.29, 0.717) is 12.5 Å². The van der Waals surface area contributed by atoms with Crippen LogP contribution in [0.5, 0.6) is 0 Å². The molecule has 13 heavy (non-hydrogen) atoms. The Morgan fingerprint density at radius 1 is 1.38 bits per heavy atom. The second-order valence-electron chi connectivity index (χ2n) is 4.59. The highest BCUT2D eigenvalue weighted by molar-refractivity contribution is 4.93. The van der Waals surface area contributed by atoms with Gasteiger partial charge in [0.1, 0.15) is 0 Å². The van der Waals surface area contributed by atoms with Crippen LogP contribution in [0.1, 0.15) is 12.8 Å². The Morgan fingerprint density at radius 2 is 2.00 bits per heavy atom. The van der Waals surface area contributed by atoms with Gasteiger partial charge in [0.05, 0.1) is 19.8 Å². The van der Waals surface area contributed by atoms with Crippen LogP contribution < -0.4 is 0 Å². The van der Waals surface area contributed by atoms with E-state index in [1.165, 1.54) is 25.9 Å². The highest BCUT2D eigenvalue weighted by Crippen LogP contribution is 2.40. The molecule has 2 aliphatic rings. The highest BCUT2D eigenvalue weighted by Gasteiger charge is 2.45. The standard InChI is InChI=1S/C10H19NO2/c1-11-4-2-9(3-5-11)10(6-12)7-13-8-10/h9,12H,2-8H2,1H3. The Bertz CT molecular complexity index is 166. The number of hydrogen-bond donors (Lipinski definition) is 1. The lowest BCUT2D eigenvalue weighted by Gasteiger charge is -2.48. The molecule has 1 N–H and O–H groups in total. The van der Waals surface area contributed by atoms with E-state index in [1.54, 1.807) is 0 Å². The predicted molar refractivity (Wildman–Crippen MR) is 50.6 cm³/mol. The summed E-state index contributed by atoms with van der Waals surface area (Å²) < 4.78 is 5.24. The van der Waals surface area contributed by atoms with Crippen molar-refractivity contribution in [1.29, 1.82) is 0 Å². The van der Waals surface area contributed by atoms with E-state index in [2.05, 4.69) is 11.9 Å². The van der Waals surface area contributed by atoms with Gasteiger partial charge in [-0.25, -0.2) is 0 Å². The van der Waals surface area contributed by atoms with Crippen LogP contribution in [0.15, 0.2) is 0 Å².